The van der Waals surface area contributed by atoms with E-state index in [1.807, 2.05) is 13.0 Å². The van der Waals surface area contributed by atoms with Crippen molar-refractivity contribution in [1.82, 2.24) is 19.9 Å². The molecule has 3 aromatic heterocycles. The van der Waals surface area contributed by atoms with E-state index in [1.54, 1.807) is 6.07 Å². The van der Waals surface area contributed by atoms with E-state index in [9.17, 15) is 18.4 Å². The van der Waals surface area contributed by atoms with Crippen LogP contribution in [0.3, 0.4) is 0 Å². The number of aromatic nitrogens is 3. The zero-order valence-corrected chi connectivity index (χ0v) is 21.5. The summed E-state index contributed by atoms with van der Waals surface area (Å²) < 4.78 is 39.1. The van der Waals surface area contributed by atoms with Gasteiger partial charge in [-0.3, -0.25) is 4.90 Å². The molecule has 1 aromatic carbocycles. The minimum atomic E-state index is -4.24. The van der Waals surface area contributed by atoms with Crippen LogP contribution in [0.4, 0.5) is 19.0 Å². The maximum absolute atomic E-state index is 13.0. The maximum Gasteiger partial charge on any atom is 0.393 e. The minimum absolute atomic E-state index is 0.286. The maximum atomic E-state index is 13.0. The van der Waals surface area contributed by atoms with Crippen LogP contribution >= 0.6 is 11.3 Å². The Kier molecular flexibility index (Phi) is 5.88. The molecule has 4 aromatic rings. The van der Waals surface area contributed by atoms with Crippen LogP contribution in [0.2, 0.25) is 0 Å². The van der Waals surface area contributed by atoms with Gasteiger partial charge in [0.1, 0.15) is 28.2 Å². The number of H-pyrrole nitrogens is 1. The summed E-state index contributed by atoms with van der Waals surface area (Å²) in [6, 6.07) is 9.94. The molecule has 1 N–H and O–H groups in total. The van der Waals surface area contributed by atoms with Crippen molar-refractivity contribution in [2.45, 2.75) is 39.4 Å². The highest BCUT2D eigenvalue weighted by atomic mass is 32.1. The first-order chi connectivity index (χ1) is 17.7. The number of hydrogen-bond donors (Lipinski definition) is 1. The lowest BCUT2D eigenvalue weighted by molar-refractivity contribution is -0.126. The Labute approximate surface area is 216 Å². The number of aromatic amines is 1. The van der Waals surface area contributed by atoms with Crippen LogP contribution in [-0.4, -0.2) is 52.2 Å². The smallest absolute Gasteiger partial charge is 0.355 e. The lowest BCUT2D eigenvalue weighted by atomic mass is 10.0. The average molecular weight is 525 g/mol. The standard InChI is InChI=1S/C27H27F3N6S/c1-3-24-33-25(22-7-20(8-27(28,29)30)37-26(22)34-24)36-13-17-11-35(12-18(17)14-36)10-16-4-5-23-21(15(16)2)6-19(9-31)32-23/h4-7,17-18,32H,3,8,10-14H2,1-2H3. The van der Waals surface area contributed by atoms with Gasteiger partial charge in [0.25, 0.3) is 0 Å². The van der Waals surface area contributed by atoms with Crippen molar-refractivity contribution < 1.29 is 13.2 Å². The normalized spacial score (nSPS) is 20.3. The first kappa shape index (κ1) is 24.2. The molecule has 192 valence electrons. The molecule has 0 radical (unpaired) electrons. The van der Waals surface area contributed by atoms with E-state index in [0.717, 1.165) is 66.2 Å². The number of anilines is 1. The number of nitrogens with zero attached hydrogens (tertiary/aromatic N) is 5. The fraction of sp³-hybridized carbons (Fsp3) is 0.444. The van der Waals surface area contributed by atoms with Crippen molar-refractivity contribution in [3.8, 4) is 6.07 Å². The predicted octanol–water partition coefficient (Wildman–Crippen LogP) is 5.59. The number of alkyl halides is 3. The number of nitriles is 1. The fourth-order valence-corrected chi connectivity index (χ4v) is 7.01. The minimum Gasteiger partial charge on any atom is -0.355 e. The molecule has 0 bridgehead atoms. The van der Waals surface area contributed by atoms with Crippen LogP contribution < -0.4 is 4.90 Å². The van der Waals surface area contributed by atoms with E-state index in [0.29, 0.717) is 34.6 Å². The van der Waals surface area contributed by atoms with Gasteiger partial charge in [-0.2, -0.15) is 18.4 Å². The molecular formula is C27H27F3N6S. The van der Waals surface area contributed by atoms with Crippen LogP contribution in [0.15, 0.2) is 24.3 Å². The average Bonchev–Trinajstić information content (AvgIpc) is 3.60. The zero-order valence-electron chi connectivity index (χ0n) is 20.7. The number of nitrogens with one attached hydrogen (secondary N) is 1. The summed E-state index contributed by atoms with van der Waals surface area (Å²) in [4.78, 5) is 18.1. The number of aryl methyl sites for hydroxylation is 2. The van der Waals surface area contributed by atoms with E-state index in [4.69, 9.17) is 4.98 Å². The van der Waals surface area contributed by atoms with Gasteiger partial charge in [0.05, 0.1) is 11.8 Å². The van der Waals surface area contributed by atoms with Crippen LogP contribution in [0.5, 0.6) is 0 Å². The molecule has 6 nitrogen and oxygen atoms in total. The van der Waals surface area contributed by atoms with Crippen LogP contribution in [-0.2, 0) is 19.4 Å². The summed E-state index contributed by atoms with van der Waals surface area (Å²) in [6.45, 7) is 8.61. The van der Waals surface area contributed by atoms with Gasteiger partial charge in [-0.05, 0) is 48.1 Å². The van der Waals surface area contributed by atoms with Gasteiger partial charge in [-0.15, -0.1) is 11.3 Å². The zero-order chi connectivity index (χ0) is 25.9. The van der Waals surface area contributed by atoms with Gasteiger partial charge < -0.3 is 9.88 Å². The molecule has 5 heterocycles. The highest BCUT2D eigenvalue weighted by molar-refractivity contribution is 7.18. The summed E-state index contributed by atoms with van der Waals surface area (Å²) in [5.74, 6) is 2.45. The molecular weight excluding hydrogens is 497 g/mol. The SMILES string of the molecule is CCc1nc(N2CC3CN(Cc4ccc5[nH]c(C#N)cc5c4C)CC3C2)c2cc(CC(F)(F)F)sc2n1. The second kappa shape index (κ2) is 8.99. The number of hydrogen-bond acceptors (Lipinski definition) is 6. The van der Waals surface area contributed by atoms with Crippen molar-refractivity contribution in [2.75, 3.05) is 31.1 Å². The molecule has 0 aliphatic carbocycles. The van der Waals surface area contributed by atoms with Crippen LogP contribution in [0, 0.1) is 30.1 Å². The largest absolute Gasteiger partial charge is 0.393 e. The molecule has 6 rings (SSSR count). The first-order valence-corrected chi connectivity index (χ1v) is 13.4. The lowest BCUT2D eigenvalue weighted by Crippen LogP contribution is -2.29. The summed E-state index contributed by atoms with van der Waals surface area (Å²) in [7, 11) is 0. The first-order valence-electron chi connectivity index (χ1n) is 12.6. The van der Waals surface area contributed by atoms with Crippen molar-refractivity contribution in [1.29, 1.82) is 5.26 Å². The fourth-order valence-electron chi connectivity index (χ4n) is 5.94. The number of halogens is 3. The van der Waals surface area contributed by atoms with Gasteiger partial charge in [-0.1, -0.05) is 13.0 Å². The van der Waals surface area contributed by atoms with Gasteiger partial charge in [0.2, 0.25) is 0 Å². The number of fused-ring (bicyclic) bond motifs is 3. The molecule has 2 aliphatic rings. The molecule has 10 heteroatoms. The van der Waals surface area contributed by atoms with Gasteiger partial charge in [-0.25, -0.2) is 9.97 Å². The highest BCUT2D eigenvalue weighted by Gasteiger charge is 2.41. The van der Waals surface area contributed by atoms with Gasteiger partial charge in [0.15, 0.2) is 0 Å². The molecule has 2 atom stereocenters. The molecule has 2 fully saturated rings. The molecule has 2 aliphatic heterocycles. The van der Waals surface area contributed by atoms with Crippen LogP contribution in [0.1, 0.15) is 34.4 Å². The van der Waals surface area contributed by atoms with Crippen molar-refractivity contribution >= 4 is 38.3 Å². The molecule has 37 heavy (non-hydrogen) atoms. The Bertz CT molecular complexity index is 1520. The topological polar surface area (TPSA) is 71.8 Å². The molecule has 2 saturated heterocycles. The lowest BCUT2D eigenvalue weighted by Gasteiger charge is -2.23. The Balaban J connectivity index is 1.19. The molecule has 0 saturated carbocycles. The second-order valence-corrected chi connectivity index (χ2v) is 11.4. The number of rotatable bonds is 5. The van der Waals surface area contributed by atoms with Crippen molar-refractivity contribution in [2.24, 2.45) is 11.8 Å². The van der Waals surface area contributed by atoms with Crippen molar-refractivity contribution in [3.05, 3.63) is 51.8 Å². The molecule has 0 spiro atoms. The Morgan fingerprint density at radius 1 is 1.11 bits per heavy atom. The van der Waals surface area contributed by atoms with Crippen molar-refractivity contribution in [3.63, 3.8) is 0 Å². The number of likely N-dealkylation sites (tertiary alicyclic amines) is 1. The molecule has 0 amide bonds. The van der Waals surface area contributed by atoms with E-state index >= 15 is 0 Å². The number of benzene rings is 1. The van der Waals surface area contributed by atoms with Gasteiger partial charge >= 0.3 is 6.18 Å². The summed E-state index contributed by atoms with van der Waals surface area (Å²) in [5, 5.41) is 11.1. The van der Waals surface area contributed by atoms with E-state index in [1.165, 1.54) is 11.1 Å². The van der Waals surface area contributed by atoms with Gasteiger partial charge in [0, 0.05) is 54.9 Å². The Morgan fingerprint density at radius 2 is 1.86 bits per heavy atom. The highest BCUT2D eigenvalue weighted by Crippen LogP contribution is 2.39. The van der Waals surface area contributed by atoms with E-state index in [-0.39, 0.29) is 4.88 Å². The quantitative estimate of drug-likeness (QED) is 0.369. The monoisotopic (exact) mass is 524 g/mol. The summed E-state index contributed by atoms with van der Waals surface area (Å²) in [6.07, 6.45) is -4.52. The summed E-state index contributed by atoms with van der Waals surface area (Å²) >= 11 is 1.13. The Hall–Kier alpha value is -3.16. The van der Waals surface area contributed by atoms with E-state index < -0.39 is 12.6 Å². The third kappa shape index (κ3) is 4.55. The number of thiophene rings is 1. The third-order valence-corrected chi connectivity index (χ3v) is 8.75. The third-order valence-electron chi connectivity index (χ3n) is 7.72. The predicted molar refractivity (Wildman–Crippen MR) is 139 cm³/mol. The summed E-state index contributed by atoms with van der Waals surface area (Å²) in [5.41, 5.74) is 4.04. The van der Waals surface area contributed by atoms with Crippen LogP contribution in [0.25, 0.3) is 21.1 Å². The Morgan fingerprint density at radius 3 is 2.54 bits per heavy atom. The molecule has 2 unspecified atom stereocenters. The van der Waals surface area contributed by atoms with E-state index in [2.05, 4.69) is 44.9 Å². The second-order valence-electron chi connectivity index (χ2n) is 10.3.